The maximum Gasteiger partial charge on any atom is 0.269 e. The van der Waals surface area contributed by atoms with E-state index in [1.807, 2.05) is 41.9 Å². The van der Waals surface area contributed by atoms with E-state index in [1.165, 1.54) is 22.3 Å². The van der Waals surface area contributed by atoms with Crippen molar-refractivity contribution in [3.8, 4) is 11.4 Å². The Morgan fingerprint density at radius 2 is 1.70 bits per heavy atom. The lowest BCUT2D eigenvalue weighted by atomic mass is 9.94. The number of nitrogens with one attached hydrogen (secondary N) is 1. The normalized spacial score (nSPS) is 14.4. The van der Waals surface area contributed by atoms with Crippen LogP contribution in [0.3, 0.4) is 0 Å². The number of amides is 2. The first-order valence-corrected chi connectivity index (χ1v) is 15.3. The van der Waals surface area contributed by atoms with Gasteiger partial charge in [0.05, 0.1) is 29.1 Å². The molecule has 0 spiro atoms. The van der Waals surface area contributed by atoms with E-state index in [-0.39, 0.29) is 17.6 Å². The molecule has 220 valence electrons. The minimum atomic E-state index is -1.12. The topological polar surface area (TPSA) is 76.5 Å². The van der Waals surface area contributed by atoms with Gasteiger partial charge in [0.2, 0.25) is 5.91 Å². The molecule has 0 bridgehead atoms. The molecule has 43 heavy (non-hydrogen) atoms. The van der Waals surface area contributed by atoms with Crippen molar-refractivity contribution in [1.82, 2.24) is 15.1 Å². The van der Waals surface area contributed by atoms with E-state index in [9.17, 15) is 9.59 Å². The highest BCUT2D eigenvalue weighted by Gasteiger charge is 2.37. The molecule has 3 aromatic carbocycles. The van der Waals surface area contributed by atoms with Crippen LogP contribution in [0.2, 0.25) is 0 Å². The first kappa shape index (κ1) is 28.6. The van der Waals surface area contributed by atoms with Crippen molar-refractivity contribution in [2.75, 3.05) is 12.0 Å². The van der Waals surface area contributed by atoms with Crippen molar-refractivity contribution < 1.29 is 18.7 Å². The summed E-state index contributed by atoms with van der Waals surface area (Å²) in [4.78, 5) is 31.3. The quantitative estimate of drug-likeness (QED) is 0.203. The Bertz CT molecular complexity index is 1740. The number of halogens is 1. The molecule has 5 aromatic rings. The Kier molecular flexibility index (Phi) is 8.24. The van der Waals surface area contributed by atoms with E-state index in [0.29, 0.717) is 16.2 Å². The van der Waals surface area contributed by atoms with Gasteiger partial charge in [0.15, 0.2) is 0 Å². The predicted molar refractivity (Wildman–Crippen MR) is 168 cm³/mol. The van der Waals surface area contributed by atoms with Gasteiger partial charge < -0.3 is 10.1 Å². The number of ether oxygens (including phenoxy) is 1. The van der Waals surface area contributed by atoms with Gasteiger partial charge >= 0.3 is 0 Å². The molecule has 9 heteroatoms. The van der Waals surface area contributed by atoms with Crippen molar-refractivity contribution in [3.05, 3.63) is 107 Å². The number of hydrogen-bond donors (Lipinski definition) is 1. The summed E-state index contributed by atoms with van der Waals surface area (Å²) in [5, 5.41) is 8.71. The molecule has 2 aromatic heterocycles. The molecular formula is C34H33FN4O3S. The van der Waals surface area contributed by atoms with Crippen molar-refractivity contribution >= 4 is 39.1 Å². The number of hydrogen-bond acceptors (Lipinski definition) is 5. The van der Waals surface area contributed by atoms with Crippen LogP contribution in [-0.2, 0) is 4.79 Å². The summed E-state index contributed by atoms with van der Waals surface area (Å²) in [5.74, 6) is -0.789. The van der Waals surface area contributed by atoms with Gasteiger partial charge in [-0.15, -0.1) is 11.3 Å². The lowest BCUT2D eigenvalue weighted by Crippen LogP contribution is -2.47. The highest BCUT2D eigenvalue weighted by molar-refractivity contribution is 7.20. The van der Waals surface area contributed by atoms with Gasteiger partial charge in [-0.1, -0.05) is 61.7 Å². The molecule has 1 atom stereocenters. The van der Waals surface area contributed by atoms with Crippen LogP contribution in [0.5, 0.6) is 5.75 Å². The molecule has 7 nitrogen and oxygen atoms in total. The largest absolute Gasteiger partial charge is 0.497 e. The molecule has 0 unspecified atom stereocenters. The second-order valence-electron chi connectivity index (χ2n) is 10.8. The first-order valence-electron chi connectivity index (χ1n) is 14.5. The van der Waals surface area contributed by atoms with Crippen molar-refractivity contribution in [1.29, 1.82) is 0 Å². The number of aromatic nitrogens is 2. The minimum absolute atomic E-state index is 0.00315. The summed E-state index contributed by atoms with van der Waals surface area (Å²) >= 11 is 1.28. The SMILES string of the molecule is COc1ccc([C@@H](C(=O)NC2CCCCC2)N(C(=O)c2cc3c(C)nn(-c4ccccc4)c3s2)c2ccccc2F)cc1. The highest BCUT2D eigenvalue weighted by atomic mass is 32.1. The molecule has 1 aliphatic rings. The van der Waals surface area contributed by atoms with Crippen LogP contribution in [0.4, 0.5) is 10.1 Å². The maximum absolute atomic E-state index is 15.6. The zero-order valence-corrected chi connectivity index (χ0v) is 24.9. The summed E-state index contributed by atoms with van der Waals surface area (Å²) < 4.78 is 22.7. The summed E-state index contributed by atoms with van der Waals surface area (Å²) in [6, 6.07) is 23.5. The maximum atomic E-state index is 15.6. The second-order valence-corrected chi connectivity index (χ2v) is 11.8. The van der Waals surface area contributed by atoms with Gasteiger partial charge in [0.25, 0.3) is 5.91 Å². The molecule has 0 aliphatic heterocycles. The molecule has 2 heterocycles. The number of anilines is 1. The van der Waals surface area contributed by atoms with Crippen LogP contribution in [0, 0.1) is 12.7 Å². The third kappa shape index (κ3) is 5.77. The molecule has 2 amide bonds. The second kappa shape index (κ2) is 12.4. The molecular weight excluding hydrogens is 563 g/mol. The molecule has 1 N–H and O–H groups in total. The van der Waals surface area contributed by atoms with E-state index in [2.05, 4.69) is 5.32 Å². The highest BCUT2D eigenvalue weighted by Crippen LogP contribution is 2.37. The van der Waals surface area contributed by atoms with E-state index >= 15 is 4.39 Å². The Balaban J connectivity index is 1.47. The molecule has 0 radical (unpaired) electrons. The Morgan fingerprint density at radius 3 is 2.40 bits per heavy atom. The van der Waals surface area contributed by atoms with Gasteiger partial charge in [0.1, 0.15) is 22.4 Å². The molecule has 6 rings (SSSR count). The van der Waals surface area contributed by atoms with Crippen molar-refractivity contribution in [3.63, 3.8) is 0 Å². The number of aryl methyl sites for hydroxylation is 1. The van der Waals surface area contributed by atoms with Gasteiger partial charge in [-0.25, -0.2) is 9.07 Å². The fraction of sp³-hybridized carbons (Fsp3) is 0.265. The Morgan fingerprint density at radius 1 is 1.00 bits per heavy atom. The standard InChI is InChI=1S/C34H33FN4O3S/c1-22-27-21-30(43-34(27)39(37-22)25-13-7-4-8-14-25)33(41)38(29-16-10-9-15-28(29)35)31(23-17-19-26(42-2)20-18-23)32(40)36-24-11-5-3-6-12-24/h4,7-10,13-21,24,31H,3,5-6,11-12H2,1-2H3,(H,36,40)/t31-/m0/s1. The smallest absolute Gasteiger partial charge is 0.269 e. The number of carbonyl (C=O) groups is 2. The van der Waals surface area contributed by atoms with E-state index in [0.717, 1.165) is 53.7 Å². The zero-order valence-electron chi connectivity index (χ0n) is 24.1. The van der Waals surface area contributed by atoms with Crippen LogP contribution >= 0.6 is 11.3 Å². The Labute approximate surface area is 253 Å². The van der Waals surface area contributed by atoms with Crippen LogP contribution in [0.1, 0.15) is 59.1 Å². The number of fused-ring (bicyclic) bond motifs is 1. The summed E-state index contributed by atoms with van der Waals surface area (Å²) in [5.41, 5.74) is 2.23. The van der Waals surface area contributed by atoms with E-state index in [1.54, 1.807) is 55.6 Å². The van der Waals surface area contributed by atoms with Crippen LogP contribution < -0.4 is 15.0 Å². The summed E-state index contributed by atoms with van der Waals surface area (Å²) in [6.45, 7) is 1.90. The van der Waals surface area contributed by atoms with Crippen molar-refractivity contribution in [2.45, 2.75) is 51.1 Å². The van der Waals surface area contributed by atoms with Crippen LogP contribution in [-0.4, -0.2) is 34.7 Å². The monoisotopic (exact) mass is 596 g/mol. The number of nitrogens with zero attached hydrogens (tertiary/aromatic N) is 3. The number of benzene rings is 3. The van der Waals surface area contributed by atoms with Crippen LogP contribution in [0.15, 0.2) is 84.9 Å². The van der Waals surface area contributed by atoms with Crippen molar-refractivity contribution in [2.24, 2.45) is 0 Å². The number of carbonyl (C=O) groups excluding carboxylic acids is 2. The minimum Gasteiger partial charge on any atom is -0.497 e. The summed E-state index contributed by atoms with van der Waals surface area (Å²) in [7, 11) is 1.57. The van der Waals surface area contributed by atoms with E-state index in [4.69, 9.17) is 9.84 Å². The fourth-order valence-electron chi connectivity index (χ4n) is 5.76. The van der Waals surface area contributed by atoms with Gasteiger partial charge in [-0.3, -0.25) is 14.5 Å². The molecule has 1 fully saturated rings. The molecule has 0 saturated heterocycles. The fourth-order valence-corrected chi connectivity index (χ4v) is 6.88. The van der Waals surface area contributed by atoms with Gasteiger partial charge in [-0.05, 0) is 67.8 Å². The third-order valence-corrected chi connectivity index (χ3v) is 9.08. The first-order chi connectivity index (χ1) is 20.9. The number of thiophene rings is 1. The number of rotatable bonds is 8. The lowest BCUT2D eigenvalue weighted by molar-refractivity contribution is -0.123. The summed E-state index contributed by atoms with van der Waals surface area (Å²) in [6.07, 6.45) is 4.96. The van der Waals surface area contributed by atoms with Gasteiger partial charge in [-0.2, -0.15) is 5.10 Å². The van der Waals surface area contributed by atoms with E-state index < -0.39 is 17.8 Å². The average molecular weight is 597 g/mol. The van der Waals surface area contributed by atoms with Gasteiger partial charge in [0, 0.05) is 11.4 Å². The third-order valence-electron chi connectivity index (χ3n) is 7.98. The lowest BCUT2D eigenvalue weighted by Gasteiger charge is -2.33. The predicted octanol–water partition coefficient (Wildman–Crippen LogP) is 7.38. The molecule has 1 saturated carbocycles. The average Bonchev–Trinajstić information content (AvgIpc) is 3.61. The Hall–Kier alpha value is -4.50. The number of para-hydroxylation sites is 2. The van der Waals surface area contributed by atoms with Crippen LogP contribution in [0.25, 0.3) is 15.9 Å². The molecule has 1 aliphatic carbocycles. The number of methoxy groups -OCH3 is 1. The zero-order chi connectivity index (χ0) is 29.9.